The summed E-state index contributed by atoms with van der Waals surface area (Å²) in [5.41, 5.74) is -1.83. The molecule has 3 N–H and O–H groups in total. The largest absolute Gasteiger partial charge is 0.507 e. The molecule has 1 aromatic carbocycles. The van der Waals surface area contributed by atoms with Gasteiger partial charge >= 0.3 is 5.97 Å². The van der Waals surface area contributed by atoms with Gasteiger partial charge in [-0.15, -0.1) is 0 Å². The number of nitrogens with one attached hydrogen (secondary N) is 1. The highest BCUT2D eigenvalue weighted by Gasteiger charge is 2.52. The fourth-order valence-corrected chi connectivity index (χ4v) is 1.53. The van der Waals surface area contributed by atoms with Gasteiger partial charge in [0.1, 0.15) is 22.7 Å². The highest BCUT2D eigenvalue weighted by Crippen LogP contribution is 2.36. The average Bonchev–Trinajstić information content (AvgIpc) is 2.98. The molecule has 1 fully saturated rings. The van der Waals surface area contributed by atoms with E-state index in [-0.39, 0.29) is 0 Å². The lowest BCUT2D eigenvalue weighted by molar-refractivity contribution is -0.140. The summed E-state index contributed by atoms with van der Waals surface area (Å²) < 4.78 is 13.3. The second-order valence-corrected chi connectivity index (χ2v) is 3.98. The van der Waals surface area contributed by atoms with Gasteiger partial charge < -0.3 is 15.5 Å². The zero-order valence-electron chi connectivity index (χ0n) is 8.74. The van der Waals surface area contributed by atoms with Crippen LogP contribution in [0.5, 0.6) is 5.75 Å². The Labute approximate surface area is 95.9 Å². The van der Waals surface area contributed by atoms with Crippen molar-refractivity contribution in [2.75, 3.05) is 0 Å². The van der Waals surface area contributed by atoms with Gasteiger partial charge in [0.15, 0.2) is 0 Å². The van der Waals surface area contributed by atoms with Crippen LogP contribution in [-0.2, 0) is 4.79 Å². The number of carbonyl (C=O) groups is 2. The van der Waals surface area contributed by atoms with Crippen molar-refractivity contribution in [1.29, 1.82) is 0 Å². The molecular formula is C11H10FNO4. The normalized spacial score (nSPS) is 16.3. The van der Waals surface area contributed by atoms with Crippen molar-refractivity contribution in [1.82, 2.24) is 5.32 Å². The summed E-state index contributed by atoms with van der Waals surface area (Å²) in [6.07, 6.45) is 0.618. The smallest absolute Gasteiger partial charge is 0.329 e. The van der Waals surface area contributed by atoms with Gasteiger partial charge in [-0.2, -0.15) is 0 Å². The Morgan fingerprint density at radius 3 is 2.47 bits per heavy atom. The Bertz CT molecular complexity index is 476. The topological polar surface area (TPSA) is 86.6 Å². The minimum absolute atomic E-state index is 0.309. The zero-order chi connectivity index (χ0) is 12.6. The number of hydrogen-bond acceptors (Lipinski definition) is 3. The molecule has 0 heterocycles. The summed E-state index contributed by atoms with van der Waals surface area (Å²) in [6.45, 7) is 0. The van der Waals surface area contributed by atoms with Crippen molar-refractivity contribution in [3.63, 3.8) is 0 Å². The maximum atomic E-state index is 13.3. The van der Waals surface area contributed by atoms with Gasteiger partial charge in [0, 0.05) is 0 Å². The molecule has 5 nitrogen and oxygen atoms in total. The molecule has 0 aliphatic heterocycles. The lowest BCUT2D eigenvalue weighted by Crippen LogP contribution is -2.43. The number of carboxylic acid groups (broad SMARTS) is 1. The number of amides is 1. The minimum atomic E-state index is -1.30. The molecule has 1 saturated carbocycles. The first kappa shape index (κ1) is 11.4. The van der Waals surface area contributed by atoms with Crippen LogP contribution in [0.2, 0.25) is 0 Å². The Balaban J connectivity index is 2.24. The number of halogens is 1. The molecule has 0 radical (unpaired) electrons. The van der Waals surface area contributed by atoms with Crippen molar-refractivity contribution in [3.05, 3.63) is 29.6 Å². The Kier molecular flexibility index (Phi) is 2.49. The molecule has 17 heavy (non-hydrogen) atoms. The first-order chi connectivity index (χ1) is 7.96. The van der Waals surface area contributed by atoms with E-state index in [1.54, 1.807) is 0 Å². The maximum absolute atomic E-state index is 13.3. The number of aromatic hydroxyl groups is 1. The van der Waals surface area contributed by atoms with Crippen LogP contribution < -0.4 is 5.32 Å². The van der Waals surface area contributed by atoms with E-state index in [0.717, 1.165) is 6.07 Å². The molecule has 90 valence electrons. The standard InChI is InChI=1S/C11H10FNO4/c12-6-2-1-3-7(14)8(6)9(15)13-11(4-5-11)10(16)17/h1-3,14H,4-5H2,(H,13,15)(H,16,17). The van der Waals surface area contributed by atoms with E-state index in [0.29, 0.717) is 12.8 Å². The third-order valence-corrected chi connectivity index (χ3v) is 2.73. The van der Waals surface area contributed by atoms with Crippen LogP contribution in [0.4, 0.5) is 4.39 Å². The summed E-state index contributed by atoms with van der Waals surface area (Å²) in [7, 11) is 0. The second kappa shape index (κ2) is 3.73. The number of aliphatic carboxylic acids is 1. The van der Waals surface area contributed by atoms with Crippen LogP contribution >= 0.6 is 0 Å². The number of benzene rings is 1. The van der Waals surface area contributed by atoms with Crippen molar-refractivity contribution in [2.45, 2.75) is 18.4 Å². The predicted octanol–water partition coefficient (Wildman–Crippen LogP) is 0.878. The average molecular weight is 239 g/mol. The van der Waals surface area contributed by atoms with Gasteiger partial charge in [-0.1, -0.05) is 6.07 Å². The lowest BCUT2D eigenvalue weighted by atomic mass is 10.1. The Hall–Kier alpha value is -2.11. The number of carbonyl (C=O) groups excluding carboxylic acids is 1. The quantitative estimate of drug-likeness (QED) is 0.730. The SMILES string of the molecule is O=C(NC1(C(=O)O)CC1)c1c(O)cccc1F. The molecule has 0 spiro atoms. The van der Waals surface area contributed by atoms with Gasteiger partial charge in [0.25, 0.3) is 5.91 Å². The fourth-order valence-electron chi connectivity index (χ4n) is 1.53. The maximum Gasteiger partial charge on any atom is 0.329 e. The number of hydrogen-bond donors (Lipinski definition) is 3. The molecule has 1 amide bonds. The van der Waals surface area contributed by atoms with Crippen LogP contribution in [0.1, 0.15) is 23.2 Å². The number of phenolic OH excluding ortho intramolecular Hbond substituents is 1. The Morgan fingerprint density at radius 2 is 2.00 bits per heavy atom. The molecule has 0 aromatic heterocycles. The van der Waals surface area contributed by atoms with Crippen LogP contribution in [0, 0.1) is 5.82 Å². The van der Waals surface area contributed by atoms with Gasteiger partial charge in [-0.05, 0) is 25.0 Å². The number of carboxylic acids is 1. The van der Waals surface area contributed by atoms with Gasteiger partial charge in [0.2, 0.25) is 0 Å². The minimum Gasteiger partial charge on any atom is -0.507 e. The first-order valence-corrected chi connectivity index (χ1v) is 5.00. The molecule has 2 rings (SSSR count). The summed E-state index contributed by atoms with van der Waals surface area (Å²) >= 11 is 0. The van der Waals surface area contributed by atoms with E-state index in [2.05, 4.69) is 5.32 Å². The second-order valence-electron chi connectivity index (χ2n) is 3.98. The van der Waals surface area contributed by atoms with E-state index >= 15 is 0 Å². The van der Waals surface area contributed by atoms with E-state index in [1.807, 2.05) is 0 Å². The summed E-state index contributed by atoms with van der Waals surface area (Å²) in [5, 5.41) is 20.5. The molecule has 6 heteroatoms. The van der Waals surface area contributed by atoms with E-state index in [9.17, 15) is 19.1 Å². The molecule has 0 bridgehead atoms. The Morgan fingerprint density at radius 1 is 1.35 bits per heavy atom. The predicted molar refractivity (Wildman–Crippen MR) is 55.1 cm³/mol. The van der Waals surface area contributed by atoms with Crippen molar-refractivity contribution in [2.24, 2.45) is 0 Å². The third kappa shape index (κ3) is 1.93. The molecule has 0 unspecified atom stereocenters. The van der Waals surface area contributed by atoms with Crippen LogP contribution in [0.3, 0.4) is 0 Å². The van der Waals surface area contributed by atoms with Crippen molar-refractivity contribution in [3.8, 4) is 5.75 Å². The van der Waals surface area contributed by atoms with Crippen LogP contribution in [0.25, 0.3) is 0 Å². The van der Waals surface area contributed by atoms with Gasteiger partial charge in [-0.25, -0.2) is 9.18 Å². The first-order valence-electron chi connectivity index (χ1n) is 5.00. The van der Waals surface area contributed by atoms with E-state index < -0.39 is 34.5 Å². The van der Waals surface area contributed by atoms with E-state index in [1.165, 1.54) is 12.1 Å². The number of rotatable bonds is 3. The molecule has 1 aliphatic carbocycles. The lowest BCUT2D eigenvalue weighted by Gasteiger charge is -2.13. The van der Waals surface area contributed by atoms with Crippen molar-refractivity contribution < 1.29 is 24.2 Å². The van der Waals surface area contributed by atoms with Crippen molar-refractivity contribution >= 4 is 11.9 Å². The van der Waals surface area contributed by atoms with Gasteiger partial charge in [0.05, 0.1) is 0 Å². The van der Waals surface area contributed by atoms with E-state index in [4.69, 9.17) is 5.11 Å². The number of phenols is 1. The highest BCUT2D eigenvalue weighted by atomic mass is 19.1. The van der Waals surface area contributed by atoms with Crippen LogP contribution in [-0.4, -0.2) is 27.6 Å². The monoisotopic (exact) mass is 239 g/mol. The summed E-state index contributed by atoms with van der Waals surface area (Å²) in [5.74, 6) is -3.46. The molecule has 1 aliphatic rings. The zero-order valence-corrected chi connectivity index (χ0v) is 8.74. The fraction of sp³-hybridized carbons (Fsp3) is 0.273. The highest BCUT2D eigenvalue weighted by molar-refractivity contribution is 6.00. The summed E-state index contributed by atoms with van der Waals surface area (Å²) in [4.78, 5) is 22.5. The molecule has 0 atom stereocenters. The molecule has 0 saturated heterocycles. The van der Waals surface area contributed by atoms with Gasteiger partial charge in [-0.3, -0.25) is 4.79 Å². The van der Waals surface area contributed by atoms with Crippen LogP contribution in [0.15, 0.2) is 18.2 Å². The summed E-state index contributed by atoms with van der Waals surface area (Å²) in [6, 6.07) is 3.44. The third-order valence-electron chi connectivity index (χ3n) is 2.73. The molecular weight excluding hydrogens is 229 g/mol. The molecule has 1 aromatic rings.